The molecule has 4 rings (SSSR count). The standard InChI is InChI=1S/C19H28N6O3/c1-21-5-7-23(8-6-21)16-13-18-17(19(14-16)25(26)27)15-20-24(18)4-2-3-22-9-11-28-12-10-22/h13-15H,2-12H2,1H3. The van der Waals surface area contributed by atoms with Gasteiger partial charge in [-0.25, -0.2) is 0 Å². The minimum absolute atomic E-state index is 0.144. The molecule has 9 nitrogen and oxygen atoms in total. The predicted octanol–water partition coefficient (Wildman–Crippen LogP) is 1.42. The molecular formula is C19H28N6O3. The van der Waals surface area contributed by atoms with Crippen molar-refractivity contribution >= 4 is 22.3 Å². The van der Waals surface area contributed by atoms with Crippen LogP contribution in [0.15, 0.2) is 18.3 Å². The summed E-state index contributed by atoms with van der Waals surface area (Å²) in [4.78, 5) is 18.3. The van der Waals surface area contributed by atoms with E-state index >= 15 is 0 Å². The highest BCUT2D eigenvalue weighted by Gasteiger charge is 2.22. The Morgan fingerprint density at radius 2 is 1.86 bits per heavy atom. The number of non-ortho nitro benzene ring substituents is 1. The Bertz CT molecular complexity index is 824. The van der Waals surface area contributed by atoms with Crippen molar-refractivity contribution in [2.45, 2.75) is 13.0 Å². The van der Waals surface area contributed by atoms with Crippen molar-refractivity contribution in [3.05, 3.63) is 28.4 Å². The average Bonchev–Trinajstić information content (AvgIpc) is 3.11. The number of benzene rings is 1. The molecule has 0 saturated carbocycles. The summed E-state index contributed by atoms with van der Waals surface area (Å²) in [6, 6.07) is 3.77. The number of likely N-dealkylation sites (N-methyl/N-ethyl adjacent to an activating group) is 1. The van der Waals surface area contributed by atoms with Crippen molar-refractivity contribution in [3.63, 3.8) is 0 Å². The molecule has 2 aliphatic rings. The SMILES string of the molecule is CN1CCN(c2cc([N+](=O)[O-])c3cnn(CCCN4CCOCC4)c3c2)CC1. The van der Waals surface area contributed by atoms with Crippen molar-refractivity contribution < 1.29 is 9.66 Å². The predicted molar refractivity (Wildman–Crippen MR) is 108 cm³/mol. The van der Waals surface area contributed by atoms with Crippen molar-refractivity contribution in [3.8, 4) is 0 Å². The molecular weight excluding hydrogens is 360 g/mol. The molecule has 2 aromatic rings. The second-order valence-corrected chi connectivity index (χ2v) is 7.62. The number of nitro benzene ring substituents is 1. The number of nitrogens with zero attached hydrogens (tertiary/aromatic N) is 6. The summed E-state index contributed by atoms with van der Waals surface area (Å²) in [5, 5.41) is 16.7. The molecule has 2 saturated heterocycles. The molecule has 1 aromatic carbocycles. The first-order chi connectivity index (χ1) is 13.6. The molecule has 1 aromatic heterocycles. The lowest BCUT2D eigenvalue weighted by Crippen LogP contribution is -2.44. The first-order valence-corrected chi connectivity index (χ1v) is 9.99. The Labute approximate surface area is 164 Å². The van der Waals surface area contributed by atoms with E-state index in [2.05, 4.69) is 32.9 Å². The van der Waals surface area contributed by atoms with Gasteiger partial charge in [-0.05, 0) is 19.5 Å². The monoisotopic (exact) mass is 388 g/mol. The summed E-state index contributed by atoms with van der Waals surface area (Å²) in [6.45, 7) is 8.97. The fraction of sp³-hybridized carbons (Fsp3) is 0.632. The second-order valence-electron chi connectivity index (χ2n) is 7.62. The fourth-order valence-corrected chi connectivity index (χ4v) is 3.99. The average molecular weight is 388 g/mol. The number of morpholine rings is 1. The third-order valence-corrected chi connectivity index (χ3v) is 5.74. The maximum absolute atomic E-state index is 11.7. The third kappa shape index (κ3) is 4.11. The summed E-state index contributed by atoms with van der Waals surface area (Å²) in [7, 11) is 2.10. The van der Waals surface area contributed by atoms with Gasteiger partial charge in [0.25, 0.3) is 5.69 Å². The van der Waals surface area contributed by atoms with Crippen LogP contribution < -0.4 is 4.90 Å². The van der Waals surface area contributed by atoms with Crippen molar-refractivity contribution in [1.29, 1.82) is 0 Å². The maximum atomic E-state index is 11.7. The van der Waals surface area contributed by atoms with Gasteiger partial charge in [-0.1, -0.05) is 0 Å². The number of nitro groups is 1. The Kier molecular flexibility index (Phi) is 5.74. The Hall–Kier alpha value is -2.23. The summed E-state index contributed by atoms with van der Waals surface area (Å²) in [5.41, 5.74) is 1.91. The zero-order chi connectivity index (χ0) is 19.5. The number of hydrogen-bond donors (Lipinski definition) is 0. The van der Waals surface area contributed by atoms with E-state index in [1.807, 2.05) is 4.68 Å². The highest BCUT2D eigenvalue weighted by atomic mass is 16.6. The van der Waals surface area contributed by atoms with Gasteiger partial charge in [0.15, 0.2) is 0 Å². The van der Waals surface area contributed by atoms with E-state index in [9.17, 15) is 10.1 Å². The van der Waals surface area contributed by atoms with Gasteiger partial charge in [-0.2, -0.15) is 5.10 Å². The number of aromatic nitrogens is 2. The molecule has 2 aliphatic heterocycles. The molecule has 152 valence electrons. The van der Waals surface area contributed by atoms with Crippen LogP contribution in [0, 0.1) is 10.1 Å². The zero-order valence-corrected chi connectivity index (χ0v) is 16.4. The number of ether oxygens (including phenoxy) is 1. The molecule has 0 atom stereocenters. The number of fused-ring (bicyclic) bond motifs is 1. The fourth-order valence-electron chi connectivity index (χ4n) is 3.99. The van der Waals surface area contributed by atoms with Crippen LogP contribution in [0.5, 0.6) is 0 Å². The molecule has 0 N–H and O–H groups in total. The number of hydrogen-bond acceptors (Lipinski definition) is 7. The van der Waals surface area contributed by atoms with Crippen LogP contribution in [0.2, 0.25) is 0 Å². The van der Waals surface area contributed by atoms with Crippen LogP contribution in [0.1, 0.15) is 6.42 Å². The summed E-state index contributed by atoms with van der Waals surface area (Å²) >= 11 is 0. The van der Waals surface area contributed by atoms with Crippen LogP contribution in [-0.2, 0) is 11.3 Å². The Morgan fingerprint density at radius 3 is 2.57 bits per heavy atom. The van der Waals surface area contributed by atoms with Crippen LogP contribution in [0.3, 0.4) is 0 Å². The molecule has 0 radical (unpaired) electrons. The van der Waals surface area contributed by atoms with Crippen molar-refractivity contribution in [2.24, 2.45) is 0 Å². The first-order valence-electron chi connectivity index (χ1n) is 9.99. The zero-order valence-electron chi connectivity index (χ0n) is 16.4. The quantitative estimate of drug-likeness (QED) is 0.547. The van der Waals surface area contributed by atoms with Crippen LogP contribution in [0.4, 0.5) is 11.4 Å². The normalized spacial score (nSPS) is 19.4. The molecule has 0 unspecified atom stereocenters. The lowest BCUT2D eigenvalue weighted by molar-refractivity contribution is -0.383. The lowest BCUT2D eigenvalue weighted by Gasteiger charge is -2.34. The number of piperazine rings is 1. The first kappa shape index (κ1) is 19.1. The summed E-state index contributed by atoms with van der Waals surface area (Å²) < 4.78 is 7.31. The van der Waals surface area contributed by atoms with Gasteiger partial charge >= 0.3 is 0 Å². The van der Waals surface area contributed by atoms with Crippen molar-refractivity contribution in [1.82, 2.24) is 19.6 Å². The third-order valence-electron chi connectivity index (χ3n) is 5.74. The topological polar surface area (TPSA) is 79.9 Å². The molecule has 9 heteroatoms. The van der Waals surface area contributed by atoms with Crippen LogP contribution in [0.25, 0.3) is 10.9 Å². The van der Waals surface area contributed by atoms with Gasteiger partial charge < -0.3 is 14.5 Å². The van der Waals surface area contributed by atoms with Gasteiger partial charge in [0.05, 0.1) is 35.2 Å². The second kappa shape index (κ2) is 8.42. The van der Waals surface area contributed by atoms with Crippen LogP contribution >= 0.6 is 0 Å². The Balaban J connectivity index is 1.54. The van der Waals surface area contributed by atoms with E-state index in [1.54, 1.807) is 12.3 Å². The van der Waals surface area contributed by atoms with Gasteiger partial charge in [0, 0.05) is 64.1 Å². The van der Waals surface area contributed by atoms with E-state index in [1.165, 1.54) is 0 Å². The molecule has 0 amide bonds. The highest BCUT2D eigenvalue weighted by Crippen LogP contribution is 2.32. The summed E-state index contributed by atoms with van der Waals surface area (Å²) in [6.07, 6.45) is 2.60. The van der Waals surface area contributed by atoms with E-state index in [4.69, 9.17) is 4.74 Å². The molecule has 0 spiro atoms. The lowest BCUT2D eigenvalue weighted by atomic mass is 10.1. The van der Waals surface area contributed by atoms with E-state index in [0.29, 0.717) is 5.39 Å². The highest BCUT2D eigenvalue weighted by molar-refractivity contribution is 5.91. The molecule has 0 aliphatic carbocycles. The molecule has 28 heavy (non-hydrogen) atoms. The minimum atomic E-state index is -0.290. The molecule has 2 fully saturated rings. The van der Waals surface area contributed by atoms with Gasteiger partial charge in [-0.3, -0.25) is 19.7 Å². The largest absolute Gasteiger partial charge is 0.379 e. The van der Waals surface area contributed by atoms with Gasteiger partial charge in [0.1, 0.15) is 0 Å². The van der Waals surface area contributed by atoms with E-state index < -0.39 is 0 Å². The van der Waals surface area contributed by atoms with Crippen LogP contribution in [-0.4, -0.2) is 90.6 Å². The smallest absolute Gasteiger partial charge is 0.282 e. The van der Waals surface area contributed by atoms with Crippen molar-refractivity contribution in [2.75, 3.05) is 71.0 Å². The number of anilines is 1. The number of rotatable bonds is 6. The minimum Gasteiger partial charge on any atom is -0.379 e. The molecule has 3 heterocycles. The van der Waals surface area contributed by atoms with E-state index in [-0.39, 0.29) is 10.6 Å². The van der Waals surface area contributed by atoms with Gasteiger partial charge in [0.2, 0.25) is 0 Å². The van der Waals surface area contributed by atoms with Gasteiger partial charge in [-0.15, -0.1) is 0 Å². The van der Waals surface area contributed by atoms with E-state index in [0.717, 1.165) is 83.2 Å². The Morgan fingerprint density at radius 1 is 1.11 bits per heavy atom. The number of aryl methyl sites for hydroxylation is 1. The maximum Gasteiger partial charge on any atom is 0.282 e. The molecule has 0 bridgehead atoms. The summed E-state index contributed by atoms with van der Waals surface area (Å²) in [5.74, 6) is 0.